The number of amides is 1. The molecule has 0 unspecified atom stereocenters. The van der Waals surface area contributed by atoms with Gasteiger partial charge in [-0.1, -0.05) is 44.2 Å². The van der Waals surface area contributed by atoms with E-state index in [0.717, 1.165) is 21.5 Å². The first-order valence-electron chi connectivity index (χ1n) is 8.97. The number of benzene rings is 2. The highest BCUT2D eigenvalue weighted by Crippen LogP contribution is 2.26. The van der Waals surface area contributed by atoms with Crippen molar-refractivity contribution in [3.8, 4) is 0 Å². The highest BCUT2D eigenvalue weighted by molar-refractivity contribution is 7.92. The summed E-state index contributed by atoms with van der Waals surface area (Å²) in [5.41, 5.74) is 2.70. The fraction of sp³-hybridized carbons (Fsp3) is 0.238. The molecule has 0 saturated heterocycles. The smallest absolute Gasteiger partial charge is 0.245 e. The number of aromatic nitrogens is 1. The second kappa shape index (κ2) is 7.98. The third-order valence-corrected chi connectivity index (χ3v) is 5.56. The Morgan fingerprint density at radius 2 is 1.75 bits per heavy atom. The van der Waals surface area contributed by atoms with Gasteiger partial charge in [-0.25, -0.2) is 8.42 Å². The van der Waals surface area contributed by atoms with E-state index in [-0.39, 0.29) is 6.54 Å². The van der Waals surface area contributed by atoms with Crippen molar-refractivity contribution in [2.75, 3.05) is 22.4 Å². The van der Waals surface area contributed by atoms with Crippen LogP contribution in [0.1, 0.15) is 25.3 Å². The van der Waals surface area contributed by atoms with Crippen LogP contribution in [-0.2, 0) is 14.8 Å². The van der Waals surface area contributed by atoms with Gasteiger partial charge >= 0.3 is 0 Å². The third-order valence-electron chi connectivity index (χ3n) is 4.43. The van der Waals surface area contributed by atoms with Gasteiger partial charge in [0.25, 0.3) is 0 Å². The van der Waals surface area contributed by atoms with E-state index in [9.17, 15) is 13.2 Å². The van der Waals surface area contributed by atoms with Gasteiger partial charge in [0.05, 0.1) is 17.5 Å². The first kappa shape index (κ1) is 19.8. The van der Waals surface area contributed by atoms with E-state index in [1.807, 2.05) is 36.4 Å². The molecular weight excluding hydrogens is 374 g/mol. The number of pyridine rings is 1. The maximum absolute atomic E-state index is 12.6. The van der Waals surface area contributed by atoms with Crippen molar-refractivity contribution in [2.24, 2.45) is 0 Å². The van der Waals surface area contributed by atoms with Gasteiger partial charge in [0, 0.05) is 17.3 Å². The average Bonchev–Trinajstić information content (AvgIpc) is 2.65. The van der Waals surface area contributed by atoms with Gasteiger partial charge in [-0.2, -0.15) is 0 Å². The van der Waals surface area contributed by atoms with E-state index in [0.29, 0.717) is 22.8 Å². The molecule has 3 aromatic rings. The number of rotatable bonds is 6. The summed E-state index contributed by atoms with van der Waals surface area (Å²) in [6, 6.07) is 16.4. The molecule has 1 N–H and O–H groups in total. The van der Waals surface area contributed by atoms with Gasteiger partial charge in [-0.05, 0) is 35.7 Å². The zero-order valence-electron chi connectivity index (χ0n) is 16.1. The molecule has 0 aliphatic rings. The topological polar surface area (TPSA) is 79.4 Å². The van der Waals surface area contributed by atoms with Crippen LogP contribution >= 0.6 is 0 Å². The maximum Gasteiger partial charge on any atom is 0.245 e. The van der Waals surface area contributed by atoms with Crippen molar-refractivity contribution in [2.45, 2.75) is 19.8 Å². The summed E-state index contributed by atoms with van der Waals surface area (Å²) in [5.74, 6) is -0.0278. The minimum absolute atomic E-state index is 0.333. The van der Waals surface area contributed by atoms with Crippen LogP contribution < -0.4 is 9.62 Å². The van der Waals surface area contributed by atoms with Crippen LogP contribution in [0.4, 0.5) is 11.4 Å². The number of sulfonamides is 1. The Balaban J connectivity index is 1.86. The summed E-state index contributed by atoms with van der Waals surface area (Å²) >= 11 is 0. The molecule has 0 radical (unpaired) electrons. The minimum Gasteiger partial charge on any atom is -0.325 e. The molecule has 0 aliphatic heterocycles. The van der Waals surface area contributed by atoms with E-state index in [1.165, 1.54) is 0 Å². The molecule has 0 saturated carbocycles. The number of anilines is 2. The van der Waals surface area contributed by atoms with E-state index >= 15 is 0 Å². The van der Waals surface area contributed by atoms with Gasteiger partial charge in [0.1, 0.15) is 6.54 Å². The molecule has 0 fully saturated rings. The first-order valence-corrected chi connectivity index (χ1v) is 10.8. The van der Waals surface area contributed by atoms with Crippen molar-refractivity contribution in [1.82, 2.24) is 4.98 Å². The standard InChI is InChI=1S/C21H23N3O3S/c1-15(2)16-9-11-18(12-10-16)23-20(25)14-24(28(3,26)27)19-8-4-6-17-7-5-13-22-21(17)19/h4-13,15H,14H2,1-3H3,(H,23,25). The lowest BCUT2D eigenvalue weighted by molar-refractivity contribution is -0.114. The predicted octanol–water partition coefficient (Wildman–Crippen LogP) is 3.76. The highest BCUT2D eigenvalue weighted by Gasteiger charge is 2.23. The van der Waals surface area contributed by atoms with E-state index in [2.05, 4.69) is 24.1 Å². The number of hydrogen-bond donors (Lipinski definition) is 1. The number of carbonyl (C=O) groups excluding carboxylic acids is 1. The predicted molar refractivity (Wildman–Crippen MR) is 113 cm³/mol. The molecule has 3 rings (SSSR count). The molecule has 0 atom stereocenters. The Morgan fingerprint density at radius 1 is 1.07 bits per heavy atom. The summed E-state index contributed by atoms with van der Waals surface area (Å²) in [4.78, 5) is 16.9. The van der Waals surface area contributed by atoms with Crippen LogP contribution in [0.25, 0.3) is 10.9 Å². The number of carbonyl (C=O) groups is 1. The van der Waals surface area contributed by atoms with E-state index in [1.54, 1.807) is 24.4 Å². The number of nitrogens with zero attached hydrogens (tertiary/aromatic N) is 2. The fourth-order valence-electron chi connectivity index (χ4n) is 2.95. The van der Waals surface area contributed by atoms with E-state index < -0.39 is 15.9 Å². The third kappa shape index (κ3) is 4.48. The van der Waals surface area contributed by atoms with Crippen LogP contribution in [0.5, 0.6) is 0 Å². The second-order valence-corrected chi connectivity index (χ2v) is 8.85. The lowest BCUT2D eigenvalue weighted by Crippen LogP contribution is -2.37. The molecular formula is C21H23N3O3S. The molecule has 7 heteroatoms. The Kier molecular flexibility index (Phi) is 5.65. The molecule has 28 heavy (non-hydrogen) atoms. The van der Waals surface area contributed by atoms with Crippen LogP contribution in [0.15, 0.2) is 60.8 Å². The van der Waals surface area contributed by atoms with Gasteiger partial charge in [0.2, 0.25) is 15.9 Å². The maximum atomic E-state index is 12.6. The first-order chi connectivity index (χ1) is 13.3. The van der Waals surface area contributed by atoms with E-state index in [4.69, 9.17) is 0 Å². The molecule has 0 spiro atoms. The van der Waals surface area contributed by atoms with Gasteiger partial charge in [0.15, 0.2) is 0 Å². The normalized spacial score (nSPS) is 11.6. The molecule has 146 valence electrons. The molecule has 1 heterocycles. The number of hydrogen-bond acceptors (Lipinski definition) is 4. The quantitative estimate of drug-likeness (QED) is 0.687. The van der Waals surface area contributed by atoms with Crippen molar-refractivity contribution in [1.29, 1.82) is 0 Å². The van der Waals surface area contributed by atoms with Crippen LogP contribution in [-0.4, -0.2) is 32.1 Å². The Labute approximate surface area is 165 Å². The van der Waals surface area contributed by atoms with Gasteiger partial charge < -0.3 is 5.32 Å². The van der Waals surface area contributed by atoms with Gasteiger partial charge in [-0.15, -0.1) is 0 Å². The molecule has 1 aromatic heterocycles. The zero-order chi connectivity index (χ0) is 20.3. The van der Waals surface area contributed by atoms with Crippen molar-refractivity contribution >= 4 is 38.2 Å². The van der Waals surface area contributed by atoms with Crippen molar-refractivity contribution in [3.05, 3.63) is 66.4 Å². The Hall–Kier alpha value is -2.93. The van der Waals surface area contributed by atoms with Gasteiger partial charge in [-0.3, -0.25) is 14.1 Å². The van der Waals surface area contributed by atoms with Crippen molar-refractivity contribution in [3.63, 3.8) is 0 Å². The second-order valence-electron chi connectivity index (χ2n) is 6.95. The van der Waals surface area contributed by atoms with Crippen molar-refractivity contribution < 1.29 is 13.2 Å². The average molecular weight is 398 g/mol. The Morgan fingerprint density at radius 3 is 2.39 bits per heavy atom. The Bertz CT molecular complexity index is 1090. The molecule has 0 bridgehead atoms. The summed E-state index contributed by atoms with van der Waals surface area (Å²) in [7, 11) is -3.68. The zero-order valence-corrected chi connectivity index (χ0v) is 16.9. The minimum atomic E-state index is -3.68. The molecule has 0 aliphatic carbocycles. The van der Waals surface area contributed by atoms with Crippen LogP contribution in [0, 0.1) is 0 Å². The van der Waals surface area contributed by atoms with Crippen LogP contribution in [0.2, 0.25) is 0 Å². The lowest BCUT2D eigenvalue weighted by Gasteiger charge is -2.23. The molecule has 1 amide bonds. The largest absolute Gasteiger partial charge is 0.325 e. The SMILES string of the molecule is CC(C)c1ccc(NC(=O)CN(c2cccc3cccnc23)S(C)(=O)=O)cc1. The fourth-order valence-corrected chi connectivity index (χ4v) is 3.81. The van der Waals surface area contributed by atoms with Crippen LogP contribution in [0.3, 0.4) is 0 Å². The summed E-state index contributed by atoms with van der Waals surface area (Å²) < 4.78 is 25.9. The molecule has 2 aromatic carbocycles. The number of nitrogens with one attached hydrogen (secondary N) is 1. The summed E-state index contributed by atoms with van der Waals surface area (Å²) in [5, 5.41) is 3.57. The monoisotopic (exact) mass is 397 g/mol. The summed E-state index contributed by atoms with van der Waals surface area (Å²) in [6.07, 6.45) is 2.68. The number of fused-ring (bicyclic) bond motifs is 1. The lowest BCUT2D eigenvalue weighted by atomic mass is 10.0. The molecule has 6 nitrogen and oxygen atoms in total. The highest BCUT2D eigenvalue weighted by atomic mass is 32.2. The number of para-hydroxylation sites is 1. The summed E-state index contributed by atoms with van der Waals surface area (Å²) in [6.45, 7) is 3.85.